The molecule has 0 saturated carbocycles. The number of benzene rings is 1. The van der Waals surface area contributed by atoms with Gasteiger partial charge >= 0.3 is 0 Å². The van der Waals surface area contributed by atoms with E-state index in [0.29, 0.717) is 0 Å². The maximum atomic E-state index is 11.5. The van der Waals surface area contributed by atoms with Crippen LogP contribution in [-0.2, 0) is 19.4 Å². The van der Waals surface area contributed by atoms with E-state index in [1.165, 1.54) is 6.07 Å². The van der Waals surface area contributed by atoms with E-state index in [1.54, 1.807) is 0 Å². The van der Waals surface area contributed by atoms with Crippen LogP contribution in [0.4, 0.5) is 5.69 Å². The van der Waals surface area contributed by atoms with E-state index >= 15 is 0 Å². The second-order valence-corrected chi connectivity index (χ2v) is 6.00. The van der Waals surface area contributed by atoms with Gasteiger partial charge in [0, 0.05) is 6.26 Å². The highest BCUT2D eigenvalue weighted by atomic mass is 32.2. The third kappa shape index (κ3) is 4.52. The Morgan fingerprint density at radius 2 is 1.95 bits per heavy atom. The van der Waals surface area contributed by atoms with Crippen LogP contribution in [-0.4, -0.2) is 44.7 Å². The van der Waals surface area contributed by atoms with Gasteiger partial charge in [0.15, 0.2) is 9.84 Å². The fraction of sp³-hybridized carbons (Fsp3) is 0.273. The van der Waals surface area contributed by atoms with Gasteiger partial charge in [-0.2, -0.15) is 0 Å². The van der Waals surface area contributed by atoms with Gasteiger partial charge in [0.05, 0.1) is 23.7 Å². The average Bonchev–Trinajstić information content (AvgIpc) is 2.37. The molecule has 8 nitrogen and oxygen atoms in total. The third-order valence-electron chi connectivity index (χ3n) is 2.30. The molecule has 0 heterocycles. The topological polar surface area (TPSA) is 139 Å². The Morgan fingerprint density at radius 3 is 2.50 bits per heavy atom. The van der Waals surface area contributed by atoms with Crippen molar-refractivity contribution in [1.29, 1.82) is 0 Å². The summed E-state index contributed by atoms with van der Waals surface area (Å²) in [7, 11) is -3.46. The van der Waals surface area contributed by atoms with Gasteiger partial charge in [-0.1, -0.05) is 0 Å². The van der Waals surface area contributed by atoms with Crippen molar-refractivity contribution in [2.24, 2.45) is 5.73 Å². The highest BCUT2D eigenvalue weighted by Gasteiger charge is 2.13. The van der Waals surface area contributed by atoms with Crippen LogP contribution < -0.4 is 16.4 Å². The van der Waals surface area contributed by atoms with Gasteiger partial charge < -0.3 is 21.5 Å². The molecule has 0 spiro atoms. The summed E-state index contributed by atoms with van der Waals surface area (Å²) in [5, 5.41) is 14.1. The van der Waals surface area contributed by atoms with Gasteiger partial charge in [0.2, 0.25) is 11.8 Å². The predicted molar refractivity (Wildman–Crippen MR) is 71.9 cm³/mol. The van der Waals surface area contributed by atoms with Crippen molar-refractivity contribution < 1.29 is 23.1 Å². The number of phenols is 1. The van der Waals surface area contributed by atoms with Crippen LogP contribution in [0, 0.1) is 0 Å². The highest BCUT2D eigenvalue weighted by molar-refractivity contribution is 7.90. The summed E-state index contributed by atoms with van der Waals surface area (Å²) >= 11 is 0. The molecule has 0 radical (unpaired) electrons. The zero-order valence-corrected chi connectivity index (χ0v) is 11.5. The SMILES string of the molecule is CS(=O)(=O)c1ccc(O)c(NC(=O)CNC(=O)CN)c1. The van der Waals surface area contributed by atoms with Crippen LogP contribution >= 0.6 is 0 Å². The molecule has 1 rings (SSSR count). The number of sulfone groups is 1. The lowest BCUT2D eigenvalue weighted by Gasteiger charge is -2.09. The van der Waals surface area contributed by atoms with Crippen LogP contribution in [0.1, 0.15) is 0 Å². The lowest BCUT2D eigenvalue weighted by molar-refractivity contribution is -0.123. The summed E-state index contributed by atoms with van der Waals surface area (Å²) in [6, 6.07) is 3.51. The van der Waals surface area contributed by atoms with Crippen molar-refractivity contribution in [3.63, 3.8) is 0 Å². The number of nitrogens with one attached hydrogen (secondary N) is 2. The minimum Gasteiger partial charge on any atom is -0.506 e. The Hall–Kier alpha value is -2.13. The van der Waals surface area contributed by atoms with E-state index in [1.807, 2.05) is 0 Å². The fourth-order valence-corrected chi connectivity index (χ4v) is 1.94. The van der Waals surface area contributed by atoms with Crippen LogP contribution in [0.5, 0.6) is 5.75 Å². The molecule has 0 fully saturated rings. The lowest BCUT2D eigenvalue weighted by atomic mass is 10.3. The fourth-order valence-electron chi connectivity index (χ4n) is 1.29. The molecule has 1 aromatic carbocycles. The molecule has 20 heavy (non-hydrogen) atoms. The Kier molecular flexibility index (Phi) is 5.06. The maximum absolute atomic E-state index is 11.5. The number of aromatic hydroxyl groups is 1. The summed E-state index contributed by atoms with van der Waals surface area (Å²) in [5.41, 5.74) is 5.00. The monoisotopic (exact) mass is 301 g/mol. The Balaban J connectivity index is 2.82. The van der Waals surface area contributed by atoms with E-state index in [-0.39, 0.29) is 29.4 Å². The number of hydrogen-bond donors (Lipinski definition) is 4. The number of carbonyl (C=O) groups is 2. The molecular formula is C11H15N3O5S. The minimum absolute atomic E-state index is 0.0448. The van der Waals surface area contributed by atoms with E-state index in [2.05, 4.69) is 10.6 Å². The lowest BCUT2D eigenvalue weighted by Crippen LogP contribution is -2.36. The van der Waals surface area contributed by atoms with E-state index < -0.39 is 21.7 Å². The first-order valence-corrected chi connectivity index (χ1v) is 7.43. The zero-order valence-electron chi connectivity index (χ0n) is 10.7. The van der Waals surface area contributed by atoms with Gasteiger partial charge in [0.25, 0.3) is 0 Å². The second-order valence-electron chi connectivity index (χ2n) is 3.98. The molecule has 0 unspecified atom stereocenters. The molecule has 9 heteroatoms. The van der Waals surface area contributed by atoms with Crippen molar-refractivity contribution in [2.45, 2.75) is 4.90 Å². The van der Waals surface area contributed by atoms with Crippen molar-refractivity contribution >= 4 is 27.3 Å². The molecule has 0 bridgehead atoms. The normalized spacial score (nSPS) is 10.9. The number of rotatable bonds is 5. The third-order valence-corrected chi connectivity index (χ3v) is 3.41. The molecule has 1 aromatic rings. The maximum Gasteiger partial charge on any atom is 0.243 e. The summed E-state index contributed by atoms with van der Waals surface area (Å²) in [5.74, 6) is -1.40. The number of amides is 2. The number of nitrogens with two attached hydrogens (primary N) is 1. The quantitative estimate of drug-likeness (QED) is 0.504. The number of hydrogen-bond acceptors (Lipinski definition) is 6. The van der Waals surface area contributed by atoms with Crippen LogP contribution in [0.15, 0.2) is 23.1 Å². The first-order chi connectivity index (χ1) is 9.24. The zero-order chi connectivity index (χ0) is 15.3. The summed E-state index contributed by atoms with van der Waals surface area (Å²) in [6.07, 6.45) is 1.01. The number of anilines is 1. The first-order valence-electron chi connectivity index (χ1n) is 5.53. The van der Waals surface area contributed by atoms with Crippen LogP contribution in [0.2, 0.25) is 0 Å². The summed E-state index contributed by atoms with van der Waals surface area (Å²) in [4.78, 5) is 22.4. The summed E-state index contributed by atoms with van der Waals surface area (Å²) in [6.45, 7) is -0.583. The van der Waals surface area contributed by atoms with Crippen molar-refractivity contribution in [1.82, 2.24) is 5.32 Å². The second kappa shape index (κ2) is 6.35. The number of phenolic OH excluding ortho intramolecular Hbond substituents is 1. The van der Waals surface area contributed by atoms with E-state index in [4.69, 9.17) is 5.73 Å². The van der Waals surface area contributed by atoms with Gasteiger partial charge in [-0.25, -0.2) is 8.42 Å². The molecule has 2 amide bonds. The highest BCUT2D eigenvalue weighted by Crippen LogP contribution is 2.26. The van der Waals surface area contributed by atoms with Crippen LogP contribution in [0.25, 0.3) is 0 Å². The van der Waals surface area contributed by atoms with E-state index in [0.717, 1.165) is 18.4 Å². The first kappa shape index (κ1) is 15.9. The van der Waals surface area contributed by atoms with E-state index in [9.17, 15) is 23.1 Å². The molecule has 0 aliphatic rings. The van der Waals surface area contributed by atoms with Crippen molar-refractivity contribution in [3.05, 3.63) is 18.2 Å². The Labute approximate surface area is 115 Å². The van der Waals surface area contributed by atoms with Gasteiger partial charge in [-0.3, -0.25) is 9.59 Å². The van der Waals surface area contributed by atoms with Gasteiger partial charge in [0.1, 0.15) is 5.75 Å². The standard InChI is InChI=1S/C11H15N3O5S/c1-20(18,19)7-2-3-9(15)8(4-7)14-11(17)6-13-10(16)5-12/h2-4,15H,5-6,12H2,1H3,(H,13,16)(H,14,17). The number of carbonyl (C=O) groups excluding carboxylic acids is 2. The molecule has 0 aliphatic heterocycles. The Bertz CT molecular complexity index is 627. The molecule has 0 saturated heterocycles. The van der Waals surface area contributed by atoms with Gasteiger partial charge in [-0.15, -0.1) is 0 Å². The smallest absolute Gasteiger partial charge is 0.243 e. The largest absolute Gasteiger partial charge is 0.506 e. The molecule has 0 aliphatic carbocycles. The summed E-state index contributed by atoms with van der Waals surface area (Å²) < 4.78 is 22.7. The van der Waals surface area contributed by atoms with Crippen molar-refractivity contribution in [3.8, 4) is 5.75 Å². The van der Waals surface area contributed by atoms with Gasteiger partial charge in [-0.05, 0) is 18.2 Å². The Morgan fingerprint density at radius 1 is 1.30 bits per heavy atom. The van der Waals surface area contributed by atoms with Crippen LogP contribution in [0.3, 0.4) is 0 Å². The molecule has 0 atom stereocenters. The molecule has 5 N–H and O–H groups in total. The molecular weight excluding hydrogens is 286 g/mol. The van der Waals surface area contributed by atoms with Crippen molar-refractivity contribution in [2.75, 3.05) is 24.7 Å². The molecule has 0 aromatic heterocycles. The molecule has 110 valence electrons. The predicted octanol–water partition coefficient (Wildman–Crippen LogP) is -1.19. The minimum atomic E-state index is -3.46. The average molecular weight is 301 g/mol.